The van der Waals surface area contributed by atoms with E-state index < -0.39 is 11.2 Å². The Morgan fingerprint density at radius 3 is 2.44 bits per heavy atom. The molecule has 1 unspecified atom stereocenters. The van der Waals surface area contributed by atoms with Crippen molar-refractivity contribution in [1.29, 1.82) is 0 Å². The standard InChI is InChI=1S/C14H24N2OS/c1-4-9-13(5-2)12-16(18(17)15-3)14-10-7-6-8-11-14/h6-8,10-11,13,15H,4-5,9,12H2,1-3H3/t13-,18?/m0/s1. The molecule has 0 amide bonds. The summed E-state index contributed by atoms with van der Waals surface area (Å²) < 4.78 is 16.9. The Morgan fingerprint density at radius 1 is 1.28 bits per heavy atom. The number of anilines is 1. The van der Waals surface area contributed by atoms with Gasteiger partial charge < -0.3 is 0 Å². The second-order valence-corrected chi connectivity index (χ2v) is 5.76. The maximum absolute atomic E-state index is 12.1. The monoisotopic (exact) mass is 268 g/mol. The highest BCUT2D eigenvalue weighted by Crippen LogP contribution is 2.20. The van der Waals surface area contributed by atoms with E-state index in [1.807, 2.05) is 34.6 Å². The molecule has 0 aliphatic carbocycles. The van der Waals surface area contributed by atoms with E-state index >= 15 is 0 Å². The molecule has 1 aromatic rings. The minimum Gasteiger partial charge on any atom is -0.279 e. The van der Waals surface area contributed by atoms with Crippen molar-refractivity contribution in [1.82, 2.24) is 4.72 Å². The van der Waals surface area contributed by atoms with E-state index in [1.54, 1.807) is 7.05 Å². The molecular weight excluding hydrogens is 244 g/mol. The predicted molar refractivity (Wildman–Crippen MR) is 79.7 cm³/mol. The Morgan fingerprint density at radius 2 is 1.94 bits per heavy atom. The van der Waals surface area contributed by atoms with Gasteiger partial charge in [0.05, 0.1) is 5.69 Å². The summed E-state index contributed by atoms with van der Waals surface area (Å²) in [7, 11) is 1.73. The molecule has 0 fully saturated rings. The summed E-state index contributed by atoms with van der Waals surface area (Å²) in [5.41, 5.74) is 1.01. The predicted octanol–water partition coefficient (Wildman–Crippen LogP) is 3.12. The van der Waals surface area contributed by atoms with E-state index in [9.17, 15) is 4.21 Å². The van der Waals surface area contributed by atoms with Crippen LogP contribution >= 0.6 is 0 Å². The third kappa shape index (κ3) is 4.42. The summed E-state index contributed by atoms with van der Waals surface area (Å²) in [5, 5.41) is 0. The Kier molecular flexibility index (Phi) is 6.98. The SMILES string of the molecule is CCC[C@H](CC)CN(c1ccccc1)S(=O)NC. The van der Waals surface area contributed by atoms with Crippen LogP contribution in [-0.4, -0.2) is 17.8 Å². The summed E-state index contributed by atoms with van der Waals surface area (Å²) in [6.45, 7) is 5.23. The highest BCUT2D eigenvalue weighted by atomic mass is 32.2. The van der Waals surface area contributed by atoms with E-state index in [-0.39, 0.29) is 0 Å². The molecule has 102 valence electrons. The van der Waals surface area contributed by atoms with Gasteiger partial charge in [0.2, 0.25) is 0 Å². The molecule has 0 bridgehead atoms. The van der Waals surface area contributed by atoms with Gasteiger partial charge in [-0.2, -0.15) is 0 Å². The number of benzene rings is 1. The second kappa shape index (κ2) is 8.27. The zero-order chi connectivity index (χ0) is 13.4. The molecule has 0 aliphatic rings. The zero-order valence-corrected chi connectivity index (χ0v) is 12.4. The Balaban J connectivity index is 2.82. The smallest absolute Gasteiger partial charge is 0.196 e. The van der Waals surface area contributed by atoms with Crippen molar-refractivity contribution in [2.45, 2.75) is 33.1 Å². The lowest BCUT2D eigenvalue weighted by atomic mass is 10.0. The average molecular weight is 268 g/mol. The summed E-state index contributed by atoms with van der Waals surface area (Å²) in [4.78, 5) is 0. The molecule has 1 N–H and O–H groups in total. The first-order valence-electron chi connectivity index (χ1n) is 6.64. The maximum Gasteiger partial charge on any atom is 0.196 e. The van der Waals surface area contributed by atoms with Crippen LogP contribution in [0.5, 0.6) is 0 Å². The summed E-state index contributed by atoms with van der Waals surface area (Å²) in [5.74, 6) is 0.590. The molecule has 1 rings (SSSR count). The molecule has 0 radical (unpaired) electrons. The molecule has 0 saturated heterocycles. The average Bonchev–Trinajstić information content (AvgIpc) is 2.43. The summed E-state index contributed by atoms with van der Waals surface area (Å²) in [6.07, 6.45) is 3.48. The molecule has 2 atom stereocenters. The van der Waals surface area contributed by atoms with E-state index in [4.69, 9.17) is 0 Å². The van der Waals surface area contributed by atoms with Crippen molar-refractivity contribution in [2.24, 2.45) is 5.92 Å². The van der Waals surface area contributed by atoms with Gasteiger partial charge in [-0.1, -0.05) is 44.9 Å². The van der Waals surface area contributed by atoms with Gasteiger partial charge >= 0.3 is 0 Å². The van der Waals surface area contributed by atoms with E-state index in [1.165, 1.54) is 12.8 Å². The van der Waals surface area contributed by atoms with Crippen LogP contribution < -0.4 is 9.03 Å². The molecule has 0 aromatic heterocycles. The Hall–Kier alpha value is -0.870. The first-order valence-corrected chi connectivity index (χ1v) is 7.75. The van der Waals surface area contributed by atoms with Crippen molar-refractivity contribution in [3.63, 3.8) is 0 Å². The zero-order valence-electron chi connectivity index (χ0n) is 11.6. The molecule has 0 saturated carbocycles. The Labute approximate surface area is 113 Å². The fraction of sp³-hybridized carbons (Fsp3) is 0.571. The van der Waals surface area contributed by atoms with Gasteiger partial charge in [-0.05, 0) is 31.5 Å². The number of para-hydroxylation sites is 1. The van der Waals surface area contributed by atoms with Crippen molar-refractivity contribution in [2.75, 3.05) is 17.9 Å². The van der Waals surface area contributed by atoms with Gasteiger partial charge in [-0.15, -0.1) is 0 Å². The van der Waals surface area contributed by atoms with Crippen LogP contribution in [0.4, 0.5) is 5.69 Å². The van der Waals surface area contributed by atoms with Crippen molar-refractivity contribution < 1.29 is 4.21 Å². The first-order chi connectivity index (χ1) is 8.72. The molecular formula is C14H24N2OS. The van der Waals surface area contributed by atoms with E-state index in [0.29, 0.717) is 5.92 Å². The number of rotatable bonds is 8. The van der Waals surface area contributed by atoms with Gasteiger partial charge in [-0.25, -0.2) is 8.93 Å². The highest BCUT2D eigenvalue weighted by Gasteiger charge is 2.17. The minimum absolute atomic E-state index is 0.590. The molecule has 0 heterocycles. The minimum atomic E-state index is -1.16. The Bertz CT molecular complexity index is 356. The second-order valence-electron chi connectivity index (χ2n) is 4.41. The molecule has 0 aliphatic heterocycles. The summed E-state index contributed by atoms with van der Waals surface area (Å²) >= 11 is -1.16. The normalized spacial score (nSPS) is 14.2. The lowest BCUT2D eigenvalue weighted by Gasteiger charge is -2.27. The van der Waals surface area contributed by atoms with E-state index in [0.717, 1.165) is 18.7 Å². The lowest BCUT2D eigenvalue weighted by Crippen LogP contribution is -2.37. The lowest BCUT2D eigenvalue weighted by molar-refractivity contribution is 0.476. The summed E-state index contributed by atoms with van der Waals surface area (Å²) in [6, 6.07) is 9.96. The topological polar surface area (TPSA) is 32.3 Å². The van der Waals surface area contributed by atoms with Crippen molar-refractivity contribution in [3.05, 3.63) is 30.3 Å². The van der Waals surface area contributed by atoms with Crippen molar-refractivity contribution in [3.8, 4) is 0 Å². The first kappa shape index (κ1) is 15.2. The van der Waals surface area contributed by atoms with Gasteiger partial charge in [0.1, 0.15) is 0 Å². The molecule has 4 heteroatoms. The van der Waals surface area contributed by atoms with Crippen LogP contribution in [0.25, 0.3) is 0 Å². The maximum atomic E-state index is 12.1. The molecule has 18 heavy (non-hydrogen) atoms. The number of nitrogens with one attached hydrogen (secondary N) is 1. The van der Waals surface area contributed by atoms with E-state index in [2.05, 4.69) is 18.6 Å². The van der Waals surface area contributed by atoms with Gasteiger partial charge in [-0.3, -0.25) is 4.31 Å². The largest absolute Gasteiger partial charge is 0.279 e. The van der Waals surface area contributed by atoms with Crippen LogP contribution in [0, 0.1) is 5.92 Å². The van der Waals surface area contributed by atoms with Crippen LogP contribution in [0.3, 0.4) is 0 Å². The van der Waals surface area contributed by atoms with Gasteiger partial charge in [0.25, 0.3) is 0 Å². The fourth-order valence-corrected chi connectivity index (χ4v) is 2.92. The van der Waals surface area contributed by atoms with Gasteiger partial charge in [0.15, 0.2) is 11.2 Å². The quantitative estimate of drug-likeness (QED) is 0.772. The molecule has 1 aromatic carbocycles. The van der Waals surface area contributed by atoms with Crippen LogP contribution in [0.15, 0.2) is 30.3 Å². The van der Waals surface area contributed by atoms with Gasteiger partial charge in [0, 0.05) is 6.54 Å². The van der Waals surface area contributed by atoms with Crippen molar-refractivity contribution >= 4 is 16.9 Å². The molecule has 0 spiro atoms. The highest BCUT2D eigenvalue weighted by molar-refractivity contribution is 7.84. The fourth-order valence-electron chi connectivity index (χ4n) is 2.04. The molecule has 3 nitrogen and oxygen atoms in total. The third-order valence-corrected chi connectivity index (χ3v) is 4.23. The van der Waals surface area contributed by atoms with Crippen LogP contribution in [0.1, 0.15) is 33.1 Å². The number of hydrogen-bond donors (Lipinski definition) is 1. The van der Waals surface area contributed by atoms with Crippen LogP contribution in [-0.2, 0) is 11.2 Å². The number of hydrogen-bond acceptors (Lipinski definition) is 1. The number of nitrogens with zero attached hydrogens (tertiary/aromatic N) is 1. The van der Waals surface area contributed by atoms with Crippen LogP contribution in [0.2, 0.25) is 0 Å². The third-order valence-electron chi connectivity index (χ3n) is 3.12.